The minimum atomic E-state index is 0.141. The molecule has 1 amide bonds. The van der Waals surface area contributed by atoms with Gasteiger partial charge in [-0.25, -0.2) is 0 Å². The van der Waals surface area contributed by atoms with E-state index in [-0.39, 0.29) is 11.9 Å². The van der Waals surface area contributed by atoms with Crippen molar-refractivity contribution in [3.05, 3.63) is 0 Å². The number of nitrogens with one attached hydrogen (secondary N) is 1. The normalized spacial score (nSPS) is 17.1. The lowest BCUT2D eigenvalue weighted by atomic mass is 9.98. The van der Waals surface area contributed by atoms with E-state index in [0.717, 1.165) is 6.54 Å². The molecule has 1 rings (SSSR count). The molecule has 0 heterocycles. The molecule has 18 heavy (non-hydrogen) atoms. The highest BCUT2D eigenvalue weighted by Crippen LogP contribution is 2.19. The maximum atomic E-state index is 11.7. The van der Waals surface area contributed by atoms with E-state index in [0.29, 0.717) is 19.3 Å². The lowest BCUT2D eigenvalue weighted by molar-refractivity contribution is -0.130. The fourth-order valence-electron chi connectivity index (χ4n) is 2.14. The number of carbonyl (C=O) groups excluding carboxylic acids is 1. The molecule has 1 saturated carbocycles. The summed E-state index contributed by atoms with van der Waals surface area (Å²) in [5.41, 5.74) is 0. The number of hydrogen-bond donors (Lipinski definition) is 1. The van der Waals surface area contributed by atoms with Crippen LogP contribution in [-0.4, -0.2) is 49.7 Å². The van der Waals surface area contributed by atoms with Gasteiger partial charge in [0.15, 0.2) is 0 Å². The van der Waals surface area contributed by atoms with Crippen LogP contribution in [0.15, 0.2) is 0 Å². The highest BCUT2D eigenvalue weighted by atomic mass is 16.5. The van der Waals surface area contributed by atoms with Crippen molar-refractivity contribution >= 4 is 5.91 Å². The van der Waals surface area contributed by atoms with Crippen LogP contribution in [0.4, 0.5) is 0 Å². The van der Waals surface area contributed by atoms with Gasteiger partial charge in [-0.05, 0) is 26.7 Å². The van der Waals surface area contributed by atoms with Crippen molar-refractivity contribution in [1.82, 2.24) is 10.2 Å². The zero-order valence-electron chi connectivity index (χ0n) is 12.1. The van der Waals surface area contributed by atoms with Crippen LogP contribution >= 0.6 is 0 Å². The smallest absolute Gasteiger partial charge is 0.236 e. The van der Waals surface area contributed by atoms with Gasteiger partial charge in [0.05, 0.1) is 19.3 Å². The molecule has 0 aliphatic heterocycles. The lowest BCUT2D eigenvalue weighted by Crippen LogP contribution is -2.40. The Bertz CT molecular complexity index is 238. The fraction of sp³-hybridized carbons (Fsp3) is 0.929. The van der Waals surface area contributed by atoms with E-state index in [2.05, 4.69) is 5.32 Å². The first kappa shape index (κ1) is 15.4. The van der Waals surface area contributed by atoms with E-state index in [9.17, 15) is 4.79 Å². The van der Waals surface area contributed by atoms with Gasteiger partial charge in [0.2, 0.25) is 5.91 Å². The molecule has 1 aliphatic carbocycles. The van der Waals surface area contributed by atoms with Gasteiger partial charge in [-0.15, -0.1) is 0 Å². The second-order valence-electron chi connectivity index (χ2n) is 5.41. The van der Waals surface area contributed by atoms with Crippen LogP contribution in [0.1, 0.15) is 46.0 Å². The Morgan fingerprint density at radius 2 is 2.00 bits per heavy atom. The van der Waals surface area contributed by atoms with Gasteiger partial charge < -0.3 is 15.0 Å². The molecule has 106 valence electrons. The Balaban J connectivity index is 1.99. The van der Waals surface area contributed by atoms with Crippen molar-refractivity contribution < 1.29 is 9.53 Å². The molecule has 0 bridgehead atoms. The molecule has 0 atom stereocenters. The zero-order valence-corrected chi connectivity index (χ0v) is 12.1. The molecule has 0 unspecified atom stereocenters. The summed E-state index contributed by atoms with van der Waals surface area (Å²) < 4.78 is 5.79. The van der Waals surface area contributed by atoms with Crippen LogP contribution < -0.4 is 5.32 Å². The van der Waals surface area contributed by atoms with Gasteiger partial charge in [-0.1, -0.05) is 19.3 Å². The predicted octanol–water partition coefficient (Wildman–Crippen LogP) is 1.79. The topological polar surface area (TPSA) is 41.6 Å². The van der Waals surface area contributed by atoms with Crippen molar-refractivity contribution in [3.8, 4) is 0 Å². The third kappa shape index (κ3) is 5.83. The van der Waals surface area contributed by atoms with Crippen LogP contribution in [0.5, 0.6) is 0 Å². The summed E-state index contributed by atoms with van der Waals surface area (Å²) in [5.74, 6) is 0.141. The van der Waals surface area contributed by atoms with Crippen LogP contribution in [0.25, 0.3) is 0 Å². The van der Waals surface area contributed by atoms with Gasteiger partial charge in [0.1, 0.15) is 0 Å². The SMILES string of the molecule is CC(C)N(C)C(=O)CNCCOC1CCCCC1. The largest absolute Gasteiger partial charge is 0.377 e. The van der Waals surface area contributed by atoms with Crippen molar-refractivity contribution in [2.45, 2.75) is 58.1 Å². The number of hydrogen-bond acceptors (Lipinski definition) is 3. The first-order valence-corrected chi connectivity index (χ1v) is 7.19. The standard InChI is InChI=1S/C14H28N2O2/c1-12(2)16(3)14(17)11-15-9-10-18-13-7-5-4-6-8-13/h12-13,15H,4-11H2,1-3H3. The maximum Gasteiger partial charge on any atom is 0.236 e. The first-order chi connectivity index (χ1) is 8.61. The van der Waals surface area contributed by atoms with Gasteiger partial charge in [-0.3, -0.25) is 4.79 Å². The molecule has 1 aliphatic rings. The Labute approximate surface area is 111 Å². The first-order valence-electron chi connectivity index (χ1n) is 7.19. The van der Waals surface area contributed by atoms with E-state index in [1.165, 1.54) is 32.1 Å². The second kappa shape index (κ2) is 8.48. The van der Waals surface area contributed by atoms with Crippen LogP contribution in [0.3, 0.4) is 0 Å². The molecule has 4 nitrogen and oxygen atoms in total. The molecule has 4 heteroatoms. The average molecular weight is 256 g/mol. The van der Waals surface area contributed by atoms with E-state index in [1.807, 2.05) is 20.9 Å². The highest BCUT2D eigenvalue weighted by Gasteiger charge is 2.13. The third-order valence-corrected chi connectivity index (χ3v) is 3.63. The monoisotopic (exact) mass is 256 g/mol. The molecule has 1 fully saturated rings. The molecular formula is C14H28N2O2. The summed E-state index contributed by atoms with van der Waals surface area (Å²) in [6.07, 6.45) is 6.82. The second-order valence-corrected chi connectivity index (χ2v) is 5.41. The number of nitrogens with zero attached hydrogens (tertiary/aromatic N) is 1. The van der Waals surface area contributed by atoms with Gasteiger partial charge in [0, 0.05) is 19.6 Å². The quantitative estimate of drug-likeness (QED) is 0.706. The molecule has 1 N–H and O–H groups in total. The van der Waals surface area contributed by atoms with Gasteiger partial charge in [-0.2, -0.15) is 0 Å². The van der Waals surface area contributed by atoms with E-state index in [1.54, 1.807) is 4.90 Å². The Morgan fingerprint density at radius 1 is 1.33 bits per heavy atom. The predicted molar refractivity (Wildman–Crippen MR) is 73.6 cm³/mol. The lowest BCUT2D eigenvalue weighted by Gasteiger charge is -2.23. The minimum absolute atomic E-state index is 0.141. The van der Waals surface area contributed by atoms with Gasteiger partial charge in [0.25, 0.3) is 0 Å². The van der Waals surface area contributed by atoms with Crippen molar-refractivity contribution in [1.29, 1.82) is 0 Å². The fourth-order valence-corrected chi connectivity index (χ4v) is 2.14. The Hall–Kier alpha value is -0.610. The Kier molecular flexibility index (Phi) is 7.28. The molecule has 0 spiro atoms. The molecular weight excluding hydrogens is 228 g/mol. The molecule has 0 aromatic carbocycles. The summed E-state index contributed by atoms with van der Waals surface area (Å²) in [5, 5.41) is 3.14. The van der Waals surface area contributed by atoms with Crippen molar-refractivity contribution in [3.63, 3.8) is 0 Å². The zero-order chi connectivity index (χ0) is 13.4. The number of ether oxygens (including phenoxy) is 1. The summed E-state index contributed by atoms with van der Waals surface area (Å²) in [7, 11) is 1.84. The van der Waals surface area contributed by atoms with E-state index < -0.39 is 0 Å². The maximum absolute atomic E-state index is 11.7. The Morgan fingerprint density at radius 3 is 2.61 bits per heavy atom. The number of carbonyl (C=O) groups is 1. The number of likely N-dealkylation sites (N-methyl/N-ethyl adjacent to an activating group) is 1. The minimum Gasteiger partial charge on any atom is -0.377 e. The molecule has 0 aromatic rings. The molecule has 0 radical (unpaired) electrons. The molecule has 0 aromatic heterocycles. The van der Waals surface area contributed by atoms with Gasteiger partial charge >= 0.3 is 0 Å². The average Bonchev–Trinajstić information content (AvgIpc) is 2.38. The number of rotatable bonds is 7. The van der Waals surface area contributed by atoms with E-state index in [4.69, 9.17) is 4.74 Å². The van der Waals surface area contributed by atoms with Crippen LogP contribution in [0.2, 0.25) is 0 Å². The highest BCUT2D eigenvalue weighted by molar-refractivity contribution is 5.78. The van der Waals surface area contributed by atoms with Crippen molar-refractivity contribution in [2.75, 3.05) is 26.7 Å². The van der Waals surface area contributed by atoms with Crippen LogP contribution in [-0.2, 0) is 9.53 Å². The summed E-state index contributed by atoms with van der Waals surface area (Å²) in [6, 6.07) is 0.262. The third-order valence-electron chi connectivity index (χ3n) is 3.63. The summed E-state index contributed by atoms with van der Waals surface area (Å²) in [4.78, 5) is 13.4. The number of amides is 1. The van der Waals surface area contributed by atoms with Crippen LogP contribution in [0, 0.1) is 0 Å². The van der Waals surface area contributed by atoms with Crippen molar-refractivity contribution in [2.24, 2.45) is 0 Å². The summed E-state index contributed by atoms with van der Waals surface area (Å²) in [6.45, 7) is 5.91. The molecule has 0 saturated heterocycles. The van der Waals surface area contributed by atoms with E-state index >= 15 is 0 Å². The summed E-state index contributed by atoms with van der Waals surface area (Å²) >= 11 is 0.